The van der Waals surface area contributed by atoms with E-state index in [0.29, 0.717) is 18.1 Å². The molecule has 0 radical (unpaired) electrons. The van der Waals surface area contributed by atoms with Crippen molar-refractivity contribution < 1.29 is 9.13 Å². The van der Waals surface area contributed by atoms with E-state index >= 15 is 0 Å². The van der Waals surface area contributed by atoms with Gasteiger partial charge in [0.1, 0.15) is 0 Å². The molecule has 1 heterocycles. The van der Waals surface area contributed by atoms with Crippen molar-refractivity contribution in [3.05, 3.63) is 42.1 Å². The lowest BCUT2D eigenvalue weighted by molar-refractivity contribution is 0.290. The first-order valence-corrected chi connectivity index (χ1v) is 11.5. The molecule has 3 nitrogen and oxygen atoms in total. The molecule has 4 heteroatoms. The largest absolute Gasteiger partial charge is 0.491 e. The minimum atomic E-state index is -0.341. The highest BCUT2D eigenvalue weighted by Crippen LogP contribution is 2.24. The quantitative estimate of drug-likeness (QED) is 0.290. The predicted molar refractivity (Wildman–Crippen MR) is 119 cm³/mol. The van der Waals surface area contributed by atoms with Crippen LogP contribution in [0.4, 0.5) is 4.39 Å². The molecule has 160 valence electrons. The highest BCUT2D eigenvalue weighted by atomic mass is 19.1. The van der Waals surface area contributed by atoms with Gasteiger partial charge in [0.15, 0.2) is 11.6 Å². The number of hydrogen-bond donors (Lipinski definition) is 0. The maximum Gasteiger partial charge on any atom is 0.165 e. The highest BCUT2D eigenvalue weighted by molar-refractivity contribution is 5.59. The fourth-order valence-corrected chi connectivity index (χ4v) is 3.38. The number of halogens is 1. The molecule has 29 heavy (non-hydrogen) atoms. The third-order valence-corrected chi connectivity index (χ3v) is 5.22. The summed E-state index contributed by atoms with van der Waals surface area (Å²) >= 11 is 0. The van der Waals surface area contributed by atoms with Gasteiger partial charge in [0, 0.05) is 11.8 Å². The maximum absolute atomic E-state index is 14.3. The number of hydrogen-bond acceptors (Lipinski definition) is 3. The molecular weight excluding hydrogens is 363 g/mol. The Morgan fingerprint density at radius 2 is 1.48 bits per heavy atom. The smallest absolute Gasteiger partial charge is 0.165 e. The first kappa shape index (κ1) is 23.3. The molecule has 1 aromatic carbocycles. The van der Waals surface area contributed by atoms with E-state index in [9.17, 15) is 4.39 Å². The molecule has 0 unspecified atom stereocenters. The second kappa shape index (κ2) is 14.1. The number of aryl methyl sites for hydroxylation is 1. The van der Waals surface area contributed by atoms with Gasteiger partial charge in [0.25, 0.3) is 0 Å². The van der Waals surface area contributed by atoms with E-state index in [1.165, 1.54) is 57.4 Å². The molecule has 0 spiro atoms. The molecule has 0 atom stereocenters. The zero-order chi connectivity index (χ0) is 20.7. The number of unbranched alkanes of at least 4 members (excludes halogenated alkanes) is 9. The Morgan fingerprint density at radius 3 is 2.14 bits per heavy atom. The van der Waals surface area contributed by atoms with E-state index in [1.54, 1.807) is 12.3 Å². The van der Waals surface area contributed by atoms with E-state index in [4.69, 9.17) is 4.74 Å². The molecule has 0 aliphatic heterocycles. The topological polar surface area (TPSA) is 35.0 Å². The van der Waals surface area contributed by atoms with Crippen LogP contribution in [0, 0.1) is 5.82 Å². The molecule has 0 amide bonds. The Balaban J connectivity index is 1.77. The average Bonchev–Trinajstić information content (AvgIpc) is 2.74. The summed E-state index contributed by atoms with van der Waals surface area (Å²) < 4.78 is 19.9. The average molecular weight is 401 g/mol. The zero-order valence-electron chi connectivity index (χ0n) is 18.3. The van der Waals surface area contributed by atoms with Crippen LogP contribution in [-0.4, -0.2) is 16.6 Å². The summed E-state index contributed by atoms with van der Waals surface area (Å²) in [6.45, 7) is 4.97. The SMILES string of the molecule is CCCCCCCCCc1cnc(-c2ccc(OCCCCCC)c(F)c2)cn1. The lowest BCUT2D eigenvalue weighted by Gasteiger charge is -2.09. The molecule has 0 saturated carbocycles. The van der Waals surface area contributed by atoms with Crippen LogP contribution in [0.3, 0.4) is 0 Å². The molecule has 2 aromatic rings. The lowest BCUT2D eigenvalue weighted by atomic mass is 10.1. The van der Waals surface area contributed by atoms with Gasteiger partial charge in [-0.25, -0.2) is 4.39 Å². The monoisotopic (exact) mass is 400 g/mol. The van der Waals surface area contributed by atoms with Crippen LogP contribution in [0.5, 0.6) is 5.75 Å². The summed E-state index contributed by atoms with van der Waals surface area (Å²) in [5, 5.41) is 0. The minimum absolute atomic E-state index is 0.314. The second-order valence-corrected chi connectivity index (χ2v) is 7.82. The van der Waals surface area contributed by atoms with Gasteiger partial charge >= 0.3 is 0 Å². The predicted octanol–water partition coefficient (Wildman–Crippen LogP) is 7.53. The number of aromatic nitrogens is 2. The molecule has 0 N–H and O–H groups in total. The number of ether oxygens (including phenoxy) is 1. The number of nitrogens with zero attached hydrogens (tertiary/aromatic N) is 2. The molecule has 0 aliphatic rings. The van der Waals surface area contributed by atoms with Crippen LogP contribution in [0.1, 0.15) is 90.2 Å². The third-order valence-electron chi connectivity index (χ3n) is 5.22. The van der Waals surface area contributed by atoms with Crippen LogP contribution in [-0.2, 0) is 6.42 Å². The molecule has 0 bridgehead atoms. The van der Waals surface area contributed by atoms with E-state index < -0.39 is 0 Å². The molecule has 1 aromatic heterocycles. The van der Waals surface area contributed by atoms with E-state index in [1.807, 2.05) is 12.3 Å². The summed E-state index contributed by atoms with van der Waals surface area (Å²) in [6, 6.07) is 5.03. The van der Waals surface area contributed by atoms with E-state index in [0.717, 1.165) is 36.9 Å². The maximum atomic E-state index is 14.3. The Labute approximate surface area is 176 Å². The van der Waals surface area contributed by atoms with Gasteiger partial charge in [-0.3, -0.25) is 9.97 Å². The second-order valence-electron chi connectivity index (χ2n) is 7.82. The fraction of sp³-hybridized carbons (Fsp3) is 0.600. The summed E-state index contributed by atoms with van der Waals surface area (Å²) in [6.07, 6.45) is 18.0. The van der Waals surface area contributed by atoms with Crippen molar-refractivity contribution in [2.75, 3.05) is 6.61 Å². The van der Waals surface area contributed by atoms with Crippen molar-refractivity contribution in [3.8, 4) is 17.0 Å². The Morgan fingerprint density at radius 1 is 0.793 bits per heavy atom. The molecule has 0 fully saturated rings. The minimum Gasteiger partial charge on any atom is -0.491 e. The first-order valence-electron chi connectivity index (χ1n) is 11.5. The Kier molecular flexibility index (Phi) is 11.3. The zero-order valence-corrected chi connectivity index (χ0v) is 18.3. The van der Waals surface area contributed by atoms with Crippen LogP contribution in [0.2, 0.25) is 0 Å². The molecule has 0 aliphatic carbocycles. The van der Waals surface area contributed by atoms with Gasteiger partial charge in [0.2, 0.25) is 0 Å². The van der Waals surface area contributed by atoms with Gasteiger partial charge in [-0.2, -0.15) is 0 Å². The summed E-state index contributed by atoms with van der Waals surface area (Å²) in [5.41, 5.74) is 2.44. The molecule has 2 rings (SSSR count). The van der Waals surface area contributed by atoms with Crippen molar-refractivity contribution >= 4 is 0 Å². The first-order chi connectivity index (χ1) is 14.2. The van der Waals surface area contributed by atoms with Crippen LogP contribution >= 0.6 is 0 Å². The summed E-state index contributed by atoms with van der Waals surface area (Å²) in [5.74, 6) is -0.0271. The van der Waals surface area contributed by atoms with Crippen LogP contribution < -0.4 is 4.74 Å². The van der Waals surface area contributed by atoms with Gasteiger partial charge in [0.05, 0.1) is 24.2 Å². The van der Waals surface area contributed by atoms with Crippen LogP contribution in [0.25, 0.3) is 11.3 Å². The van der Waals surface area contributed by atoms with Crippen molar-refractivity contribution in [3.63, 3.8) is 0 Å². The van der Waals surface area contributed by atoms with Crippen molar-refractivity contribution in [1.82, 2.24) is 9.97 Å². The highest BCUT2D eigenvalue weighted by Gasteiger charge is 2.08. The number of benzene rings is 1. The normalized spacial score (nSPS) is 11.0. The van der Waals surface area contributed by atoms with Gasteiger partial charge in [-0.1, -0.05) is 71.6 Å². The summed E-state index contributed by atoms with van der Waals surface area (Å²) in [4.78, 5) is 9.00. The number of rotatable bonds is 15. The van der Waals surface area contributed by atoms with Crippen molar-refractivity contribution in [2.45, 2.75) is 90.9 Å². The Bertz CT molecular complexity index is 688. The standard InChI is InChI=1S/C25H37FN2O/c1-3-5-7-9-10-11-12-14-22-19-28-24(20-27-22)21-15-16-25(23(26)18-21)29-17-13-8-6-4-2/h15-16,18-20H,3-14,17H2,1-2H3. The van der Waals surface area contributed by atoms with Gasteiger partial charge in [-0.05, 0) is 37.5 Å². The lowest BCUT2D eigenvalue weighted by Crippen LogP contribution is -2.00. The van der Waals surface area contributed by atoms with E-state index in [2.05, 4.69) is 23.8 Å². The third kappa shape index (κ3) is 8.93. The summed E-state index contributed by atoms with van der Waals surface area (Å²) in [7, 11) is 0. The fourth-order valence-electron chi connectivity index (χ4n) is 3.38. The van der Waals surface area contributed by atoms with Gasteiger partial charge in [-0.15, -0.1) is 0 Å². The van der Waals surface area contributed by atoms with Crippen LogP contribution in [0.15, 0.2) is 30.6 Å². The van der Waals surface area contributed by atoms with E-state index in [-0.39, 0.29) is 5.82 Å². The van der Waals surface area contributed by atoms with Gasteiger partial charge < -0.3 is 4.74 Å². The molecule has 0 saturated heterocycles. The molecular formula is C25H37FN2O. The van der Waals surface area contributed by atoms with Crippen molar-refractivity contribution in [2.24, 2.45) is 0 Å². The van der Waals surface area contributed by atoms with Crippen molar-refractivity contribution in [1.29, 1.82) is 0 Å². The Hall–Kier alpha value is -1.97.